The van der Waals surface area contributed by atoms with Crippen LogP contribution in [0.4, 0.5) is 0 Å². The van der Waals surface area contributed by atoms with E-state index in [9.17, 15) is 0 Å². The Bertz CT molecular complexity index is 271. The van der Waals surface area contributed by atoms with Crippen molar-refractivity contribution in [2.75, 3.05) is 13.1 Å². The molecule has 1 fully saturated rings. The number of pyridine rings is 1. The van der Waals surface area contributed by atoms with Gasteiger partial charge in [-0.3, -0.25) is 9.88 Å². The molecule has 14 heavy (non-hydrogen) atoms. The van der Waals surface area contributed by atoms with Gasteiger partial charge in [-0.2, -0.15) is 0 Å². The maximum atomic E-state index is 4.07. The van der Waals surface area contributed by atoms with Crippen LogP contribution in [-0.2, 0) is 0 Å². The van der Waals surface area contributed by atoms with Crippen LogP contribution in [0.1, 0.15) is 37.8 Å². The van der Waals surface area contributed by atoms with E-state index >= 15 is 0 Å². The first-order chi connectivity index (χ1) is 6.92. The predicted octanol–water partition coefficient (Wildman–Crippen LogP) is 2.63. The summed E-state index contributed by atoms with van der Waals surface area (Å²) in [6.45, 7) is 4.75. The molecule has 2 rings (SSSR count). The van der Waals surface area contributed by atoms with Crippen LogP contribution in [0, 0.1) is 0 Å². The molecular formula is C12H18N2. The smallest absolute Gasteiger partial charge is 0.0349 e. The highest BCUT2D eigenvalue weighted by Gasteiger charge is 2.24. The third kappa shape index (κ3) is 1.95. The largest absolute Gasteiger partial charge is 0.296 e. The van der Waals surface area contributed by atoms with Gasteiger partial charge in [0.25, 0.3) is 0 Å². The lowest BCUT2D eigenvalue weighted by atomic mass is 10.1. The Morgan fingerprint density at radius 3 is 2.93 bits per heavy atom. The van der Waals surface area contributed by atoms with E-state index in [1.54, 1.807) is 0 Å². The van der Waals surface area contributed by atoms with E-state index < -0.39 is 0 Å². The van der Waals surface area contributed by atoms with Crippen LogP contribution in [-0.4, -0.2) is 23.0 Å². The van der Waals surface area contributed by atoms with Crippen molar-refractivity contribution in [3.05, 3.63) is 30.1 Å². The second-order valence-corrected chi connectivity index (χ2v) is 3.97. The molecule has 1 atom stereocenters. The molecule has 1 aromatic heterocycles. The second kappa shape index (κ2) is 4.56. The number of rotatable bonds is 3. The maximum absolute atomic E-state index is 4.07. The van der Waals surface area contributed by atoms with E-state index in [-0.39, 0.29) is 0 Å². The summed E-state index contributed by atoms with van der Waals surface area (Å²) in [7, 11) is 0. The van der Waals surface area contributed by atoms with Gasteiger partial charge in [-0.25, -0.2) is 0 Å². The summed E-state index contributed by atoms with van der Waals surface area (Å²) >= 11 is 0. The van der Waals surface area contributed by atoms with Crippen LogP contribution in [0.3, 0.4) is 0 Å². The molecule has 1 aromatic rings. The van der Waals surface area contributed by atoms with Crippen LogP contribution in [0.15, 0.2) is 24.5 Å². The molecule has 0 amide bonds. The topological polar surface area (TPSA) is 16.1 Å². The molecule has 1 saturated heterocycles. The Balaban J connectivity index is 2.10. The molecule has 2 heteroatoms. The van der Waals surface area contributed by atoms with Crippen molar-refractivity contribution in [1.82, 2.24) is 9.88 Å². The fourth-order valence-electron chi connectivity index (χ4n) is 2.34. The SMILES string of the molecule is CCCN1CCC[C@H]1c1ccncc1. The highest BCUT2D eigenvalue weighted by atomic mass is 15.2. The van der Waals surface area contributed by atoms with Gasteiger partial charge in [-0.1, -0.05) is 6.92 Å². The van der Waals surface area contributed by atoms with Crippen molar-refractivity contribution >= 4 is 0 Å². The quantitative estimate of drug-likeness (QED) is 0.728. The summed E-state index contributed by atoms with van der Waals surface area (Å²) in [6, 6.07) is 4.95. The van der Waals surface area contributed by atoms with Gasteiger partial charge in [0.05, 0.1) is 0 Å². The normalized spacial score (nSPS) is 22.8. The molecule has 2 heterocycles. The third-order valence-electron chi connectivity index (χ3n) is 2.97. The van der Waals surface area contributed by atoms with Crippen LogP contribution >= 0.6 is 0 Å². The van der Waals surface area contributed by atoms with E-state index in [1.807, 2.05) is 12.4 Å². The Kier molecular flexibility index (Phi) is 3.14. The van der Waals surface area contributed by atoms with Crippen molar-refractivity contribution in [3.63, 3.8) is 0 Å². The Morgan fingerprint density at radius 2 is 2.21 bits per heavy atom. The predicted molar refractivity (Wildman–Crippen MR) is 58.1 cm³/mol. The number of hydrogen-bond acceptors (Lipinski definition) is 2. The van der Waals surface area contributed by atoms with Gasteiger partial charge < -0.3 is 0 Å². The Hall–Kier alpha value is -0.890. The van der Waals surface area contributed by atoms with E-state index in [4.69, 9.17) is 0 Å². The lowest BCUT2D eigenvalue weighted by Gasteiger charge is -2.23. The summed E-state index contributed by atoms with van der Waals surface area (Å²) in [5, 5.41) is 0. The lowest BCUT2D eigenvalue weighted by Crippen LogP contribution is -2.23. The molecule has 0 bridgehead atoms. The average Bonchev–Trinajstić information content (AvgIpc) is 2.68. The van der Waals surface area contributed by atoms with Crippen molar-refractivity contribution in [1.29, 1.82) is 0 Å². The van der Waals surface area contributed by atoms with Gasteiger partial charge in [0.2, 0.25) is 0 Å². The molecule has 0 aliphatic carbocycles. The summed E-state index contributed by atoms with van der Waals surface area (Å²) in [6.07, 6.45) is 7.70. The zero-order valence-electron chi connectivity index (χ0n) is 8.82. The molecule has 0 saturated carbocycles. The zero-order valence-corrected chi connectivity index (χ0v) is 8.82. The highest BCUT2D eigenvalue weighted by molar-refractivity contribution is 5.16. The average molecular weight is 190 g/mol. The van der Waals surface area contributed by atoms with Gasteiger partial charge in [0, 0.05) is 18.4 Å². The number of likely N-dealkylation sites (tertiary alicyclic amines) is 1. The van der Waals surface area contributed by atoms with Crippen LogP contribution in [0.5, 0.6) is 0 Å². The summed E-state index contributed by atoms with van der Waals surface area (Å²) < 4.78 is 0. The van der Waals surface area contributed by atoms with Gasteiger partial charge in [0.1, 0.15) is 0 Å². The van der Waals surface area contributed by atoms with Crippen molar-refractivity contribution in [3.8, 4) is 0 Å². The first-order valence-electron chi connectivity index (χ1n) is 5.56. The van der Waals surface area contributed by atoms with Crippen LogP contribution in [0.2, 0.25) is 0 Å². The van der Waals surface area contributed by atoms with E-state index in [0.29, 0.717) is 6.04 Å². The maximum Gasteiger partial charge on any atom is 0.0349 e. The number of nitrogens with zero attached hydrogens (tertiary/aromatic N) is 2. The molecule has 0 spiro atoms. The molecule has 76 valence electrons. The molecule has 1 aliphatic rings. The summed E-state index contributed by atoms with van der Waals surface area (Å²) in [4.78, 5) is 6.66. The van der Waals surface area contributed by atoms with Crippen molar-refractivity contribution in [2.45, 2.75) is 32.2 Å². The molecule has 0 N–H and O–H groups in total. The van der Waals surface area contributed by atoms with Crippen LogP contribution < -0.4 is 0 Å². The monoisotopic (exact) mass is 190 g/mol. The van der Waals surface area contributed by atoms with Gasteiger partial charge >= 0.3 is 0 Å². The molecule has 0 aromatic carbocycles. The first kappa shape index (κ1) is 9.66. The van der Waals surface area contributed by atoms with Gasteiger partial charge in [0.15, 0.2) is 0 Å². The molecular weight excluding hydrogens is 172 g/mol. The standard InChI is InChI=1S/C12H18N2/c1-2-9-14-10-3-4-12(14)11-5-7-13-8-6-11/h5-8,12H,2-4,9-10H2,1H3/t12-/m0/s1. The highest BCUT2D eigenvalue weighted by Crippen LogP contribution is 2.31. The fraction of sp³-hybridized carbons (Fsp3) is 0.583. The Morgan fingerprint density at radius 1 is 1.43 bits per heavy atom. The summed E-state index contributed by atoms with van der Waals surface area (Å²) in [5.74, 6) is 0. The minimum absolute atomic E-state index is 0.651. The number of aromatic nitrogens is 1. The van der Waals surface area contributed by atoms with E-state index in [0.717, 1.165) is 0 Å². The molecule has 2 nitrogen and oxygen atoms in total. The Labute approximate surface area is 86.0 Å². The second-order valence-electron chi connectivity index (χ2n) is 3.97. The van der Waals surface area contributed by atoms with Crippen molar-refractivity contribution in [2.24, 2.45) is 0 Å². The molecule has 1 aliphatic heterocycles. The van der Waals surface area contributed by atoms with Crippen LogP contribution in [0.25, 0.3) is 0 Å². The minimum atomic E-state index is 0.651. The zero-order chi connectivity index (χ0) is 9.80. The minimum Gasteiger partial charge on any atom is -0.296 e. The first-order valence-corrected chi connectivity index (χ1v) is 5.56. The van der Waals surface area contributed by atoms with Gasteiger partial charge in [-0.05, 0) is 50.0 Å². The van der Waals surface area contributed by atoms with Crippen molar-refractivity contribution < 1.29 is 0 Å². The number of hydrogen-bond donors (Lipinski definition) is 0. The molecule has 0 unspecified atom stereocenters. The van der Waals surface area contributed by atoms with E-state index in [1.165, 1.54) is 37.9 Å². The lowest BCUT2D eigenvalue weighted by molar-refractivity contribution is 0.258. The molecule has 0 radical (unpaired) electrons. The van der Waals surface area contributed by atoms with Gasteiger partial charge in [-0.15, -0.1) is 0 Å². The summed E-state index contributed by atoms with van der Waals surface area (Å²) in [5.41, 5.74) is 1.44. The van der Waals surface area contributed by atoms with E-state index in [2.05, 4.69) is 28.9 Å². The fourth-order valence-corrected chi connectivity index (χ4v) is 2.34. The third-order valence-corrected chi connectivity index (χ3v) is 2.97.